The van der Waals surface area contributed by atoms with Crippen LogP contribution in [-0.2, 0) is 18.9 Å². The van der Waals surface area contributed by atoms with Crippen molar-refractivity contribution < 1.29 is 75.1 Å². The predicted molar refractivity (Wildman–Crippen MR) is 204 cm³/mol. The third-order valence-electron chi connectivity index (χ3n) is 16.7. The van der Waals surface area contributed by atoms with Gasteiger partial charge in [-0.3, -0.25) is 0 Å². The van der Waals surface area contributed by atoms with Gasteiger partial charge in [-0.25, -0.2) is 0 Å². The summed E-state index contributed by atoms with van der Waals surface area (Å²) in [6.07, 6.45) is -11.4. The van der Waals surface area contributed by atoms with Crippen molar-refractivity contribution in [1.82, 2.24) is 0 Å². The first-order chi connectivity index (χ1) is 26.5. The van der Waals surface area contributed by atoms with Crippen molar-refractivity contribution in [3.8, 4) is 0 Å². The summed E-state index contributed by atoms with van der Waals surface area (Å²) >= 11 is 0. The van der Waals surface area contributed by atoms with Crippen molar-refractivity contribution >= 4 is 0 Å². The standard InChI is InChI=1S/C42H72O15/c1-20(17-43)9-8-12-42(7,53)21-10-14-40(5)28(21)22(46)15-26-39(4)13-11-27(47)38(2,3)35(39)23(16-41(26,40)6)54-37-34(32(51)30(49)25(19-45)56-37)57-36-33(52)31(50)29(48)24(18-44)55-36/h9,21-37,43-53H,8,10-19H2,1-7H3/b20-9-/t21-,22+,23-,24+,25+,26+,27-,28-,29+,30+,31-,32-,33+,34+,35?,36-,37+,39+,40+,41+,42-/m0/s1. The van der Waals surface area contributed by atoms with Gasteiger partial charge in [0.2, 0.25) is 0 Å². The van der Waals surface area contributed by atoms with E-state index in [0.717, 1.165) is 12.0 Å². The highest BCUT2D eigenvalue weighted by Gasteiger charge is 2.73. The molecule has 4 aliphatic carbocycles. The molecule has 2 heterocycles. The molecular weight excluding hydrogens is 744 g/mol. The molecule has 2 saturated heterocycles. The zero-order chi connectivity index (χ0) is 42.2. The summed E-state index contributed by atoms with van der Waals surface area (Å²) in [5.74, 6) is -0.784. The van der Waals surface area contributed by atoms with E-state index in [1.54, 1.807) is 0 Å². The van der Waals surface area contributed by atoms with Gasteiger partial charge in [-0.15, -0.1) is 0 Å². The van der Waals surface area contributed by atoms with Gasteiger partial charge in [0.05, 0.1) is 43.7 Å². The van der Waals surface area contributed by atoms with Gasteiger partial charge in [0.25, 0.3) is 0 Å². The summed E-state index contributed by atoms with van der Waals surface area (Å²) in [5.41, 5.74) is -2.41. The minimum Gasteiger partial charge on any atom is -0.394 e. The van der Waals surface area contributed by atoms with E-state index in [0.29, 0.717) is 44.9 Å². The lowest BCUT2D eigenvalue weighted by atomic mass is 9.34. The number of ether oxygens (including phenoxy) is 4. The highest BCUT2D eigenvalue weighted by Crippen LogP contribution is 2.76. The number of hydrogen-bond acceptors (Lipinski definition) is 15. The van der Waals surface area contributed by atoms with Crippen LogP contribution in [0.1, 0.15) is 99.8 Å². The molecule has 0 aromatic heterocycles. The Kier molecular flexibility index (Phi) is 13.2. The van der Waals surface area contributed by atoms with Gasteiger partial charge in [-0.2, -0.15) is 0 Å². The molecule has 6 rings (SSSR count). The van der Waals surface area contributed by atoms with Crippen molar-refractivity contribution in [3.63, 3.8) is 0 Å². The van der Waals surface area contributed by atoms with Crippen LogP contribution in [0.15, 0.2) is 11.6 Å². The van der Waals surface area contributed by atoms with E-state index in [2.05, 4.69) is 20.8 Å². The number of fused-ring (bicyclic) bond motifs is 5. The second kappa shape index (κ2) is 16.4. The van der Waals surface area contributed by atoms with Gasteiger partial charge in [0.1, 0.15) is 48.8 Å². The Morgan fingerprint density at radius 1 is 0.772 bits per heavy atom. The largest absolute Gasteiger partial charge is 0.394 e. The number of hydrogen-bond donors (Lipinski definition) is 11. The van der Waals surface area contributed by atoms with E-state index in [1.165, 1.54) is 0 Å². The van der Waals surface area contributed by atoms with E-state index in [9.17, 15) is 56.2 Å². The van der Waals surface area contributed by atoms with Crippen molar-refractivity contribution in [2.24, 2.45) is 45.3 Å². The van der Waals surface area contributed by atoms with Crippen molar-refractivity contribution in [3.05, 3.63) is 11.6 Å². The zero-order valence-corrected chi connectivity index (χ0v) is 34.7. The molecule has 0 aromatic rings. The minimum atomic E-state index is -1.82. The van der Waals surface area contributed by atoms with Gasteiger partial charge < -0.3 is 75.1 Å². The molecule has 0 amide bonds. The van der Waals surface area contributed by atoms with Gasteiger partial charge in [-0.05, 0) is 111 Å². The summed E-state index contributed by atoms with van der Waals surface area (Å²) in [7, 11) is 0. The lowest BCUT2D eigenvalue weighted by Crippen LogP contribution is -2.71. The van der Waals surface area contributed by atoms with Crippen LogP contribution in [0.2, 0.25) is 0 Å². The van der Waals surface area contributed by atoms with Crippen LogP contribution in [0.25, 0.3) is 0 Å². The molecule has 1 unspecified atom stereocenters. The summed E-state index contributed by atoms with van der Waals surface area (Å²) < 4.78 is 24.9. The summed E-state index contributed by atoms with van der Waals surface area (Å²) in [6, 6.07) is 0. The quantitative estimate of drug-likeness (QED) is 0.0976. The highest BCUT2D eigenvalue weighted by atomic mass is 16.8. The Hall–Kier alpha value is -0.860. The first-order valence-corrected chi connectivity index (χ1v) is 21.1. The fraction of sp³-hybridized carbons (Fsp3) is 0.952. The molecule has 4 saturated carbocycles. The van der Waals surface area contributed by atoms with Gasteiger partial charge in [0.15, 0.2) is 12.6 Å². The predicted octanol–water partition coefficient (Wildman–Crippen LogP) is 0.0922. The fourth-order valence-corrected chi connectivity index (χ4v) is 13.4. The maximum atomic E-state index is 12.3. The lowest BCUT2D eigenvalue weighted by molar-refractivity contribution is -0.383. The molecule has 0 radical (unpaired) electrons. The van der Waals surface area contributed by atoms with E-state index >= 15 is 0 Å². The summed E-state index contributed by atoms with van der Waals surface area (Å²) in [6.45, 7) is 13.0. The maximum absolute atomic E-state index is 12.3. The number of aliphatic hydroxyl groups is 11. The molecule has 11 N–H and O–H groups in total. The molecule has 0 bridgehead atoms. The topological polar surface area (TPSA) is 259 Å². The third-order valence-corrected chi connectivity index (χ3v) is 16.7. The van der Waals surface area contributed by atoms with Crippen LogP contribution >= 0.6 is 0 Å². The average Bonchev–Trinajstić information content (AvgIpc) is 3.54. The minimum absolute atomic E-state index is 0.0113. The number of allylic oxidation sites excluding steroid dienone is 1. The van der Waals surface area contributed by atoms with Crippen LogP contribution in [0.5, 0.6) is 0 Å². The van der Waals surface area contributed by atoms with E-state index in [-0.39, 0.29) is 30.3 Å². The van der Waals surface area contributed by atoms with Crippen molar-refractivity contribution in [1.29, 1.82) is 0 Å². The Bertz CT molecular complexity index is 1430. The van der Waals surface area contributed by atoms with Gasteiger partial charge >= 0.3 is 0 Å². The highest BCUT2D eigenvalue weighted by molar-refractivity contribution is 5.22. The Balaban J connectivity index is 1.38. The van der Waals surface area contributed by atoms with Crippen LogP contribution in [0.3, 0.4) is 0 Å². The molecule has 330 valence electrons. The Labute approximate surface area is 336 Å². The molecule has 0 spiro atoms. The molecule has 15 heteroatoms. The Morgan fingerprint density at radius 3 is 2.00 bits per heavy atom. The first-order valence-electron chi connectivity index (χ1n) is 21.1. The van der Waals surface area contributed by atoms with Crippen LogP contribution in [-0.4, -0.2) is 161 Å². The molecule has 21 atom stereocenters. The van der Waals surface area contributed by atoms with Gasteiger partial charge in [-0.1, -0.05) is 46.3 Å². The van der Waals surface area contributed by atoms with Gasteiger partial charge in [0, 0.05) is 0 Å². The van der Waals surface area contributed by atoms with E-state index in [4.69, 9.17) is 18.9 Å². The summed E-state index contributed by atoms with van der Waals surface area (Å²) in [4.78, 5) is 0. The maximum Gasteiger partial charge on any atom is 0.187 e. The molecule has 6 aliphatic rings. The Morgan fingerprint density at radius 2 is 1.39 bits per heavy atom. The number of rotatable bonds is 11. The van der Waals surface area contributed by atoms with E-state index < -0.39 is 120 Å². The smallest absolute Gasteiger partial charge is 0.187 e. The summed E-state index contributed by atoms with van der Waals surface area (Å²) in [5, 5.41) is 120. The zero-order valence-electron chi connectivity index (χ0n) is 34.7. The van der Waals surface area contributed by atoms with Crippen LogP contribution in [0, 0.1) is 45.3 Å². The molecule has 0 aromatic carbocycles. The normalized spacial score (nSPS) is 52.4. The van der Waals surface area contributed by atoms with Crippen molar-refractivity contribution in [2.75, 3.05) is 19.8 Å². The molecule has 15 nitrogen and oxygen atoms in total. The number of aliphatic hydroxyl groups excluding tert-OH is 10. The lowest BCUT2D eigenvalue weighted by Gasteiger charge is -2.72. The second-order valence-corrected chi connectivity index (χ2v) is 20.2. The molecule has 6 fully saturated rings. The van der Waals surface area contributed by atoms with E-state index in [1.807, 2.05) is 33.8 Å². The van der Waals surface area contributed by atoms with Crippen LogP contribution < -0.4 is 0 Å². The average molecular weight is 817 g/mol. The van der Waals surface area contributed by atoms with Crippen LogP contribution in [0.4, 0.5) is 0 Å². The van der Waals surface area contributed by atoms with Crippen molar-refractivity contribution in [2.45, 2.75) is 185 Å². The fourth-order valence-electron chi connectivity index (χ4n) is 13.4. The first kappa shape index (κ1) is 45.7. The third kappa shape index (κ3) is 7.49. The molecular formula is C42H72O15. The SMILES string of the molecule is C/C(=C/CC[C@](C)(O)[C@H]1CC[C@]2(C)[C@@H]1[C@H](O)C[C@@H]1[C@@]3(C)CC[C@H](O)C(C)(C)C3[C@@H](O[C@@H]3O[C@H](CO)[C@@H](O)[C@H](O)[C@H]3O[C@@H]3O[C@H](CO)[C@@H](O)[C@H](O)[C@H]3O)C[C@]12C)CO. The second-order valence-electron chi connectivity index (χ2n) is 20.2. The molecule has 57 heavy (non-hydrogen) atoms. The monoisotopic (exact) mass is 816 g/mol. The molecule has 2 aliphatic heterocycles.